The number of hydrogen-bond acceptors (Lipinski definition) is 2. The second-order valence-electron chi connectivity index (χ2n) is 5.69. The zero-order chi connectivity index (χ0) is 13.5. The van der Waals surface area contributed by atoms with E-state index in [4.69, 9.17) is 0 Å². The molecule has 102 valence electrons. The molecule has 1 aliphatic heterocycles. The Labute approximate surface area is 118 Å². The Morgan fingerprint density at radius 1 is 1.35 bits per heavy atom. The lowest BCUT2D eigenvalue weighted by Gasteiger charge is -2.10. The van der Waals surface area contributed by atoms with E-state index in [2.05, 4.69) is 50.9 Å². The predicted octanol–water partition coefficient (Wildman–Crippen LogP) is 2.77. The first-order valence-corrected chi connectivity index (χ1v) is 7.09. The third kappa shape index (κ3) is 1.84. The highest BCUT2D eigenvalue weighted by molar-refractivity contribution is 5.85. The van der Waals surface area contributed by atoms with E-state index < -0.39 is 0 Å². The minimum atomic E-state index is 0.645. The molecule has 0 aliphatic carbocycles. The van der Waals surface area contributed by atoms with Crippen LogP contribution in [0, 0.1) is 0 Å². The maximum absolute atomic E-state index is 4.12. The van der Waals surface area contributed by atoms with E-state index in [1.165, 1.54) is 35.1 Å². The summed E-state index contributed by atoms with van der Waals surface area (Å²) in [4.78, 5) is 9.94. The summed E-state index contributed by atoms with van der Waals surface area (Å²) in [6.45, 7) is 2.35. The lowest BCUT2D eigenvalue weighted by atomic mass is 9.97. The maximum atomic E-state index is 4.12. The number of likely N-dealkylation sites (N-methyl/N-ethyl adjacent to an activating group) is 1. The Hall–Kier alpha value is -2.07. The minimum Gasteiger partial charge on any atom is -0.361 e. The highest BCUT2D eigenvalue weighted by Crippen LogP contribution is 2.32. The first kappa shape index (κ1) is 11.7. The molecule has 20 heavy (non-hydrogen) atoms. The van der Waals surface area contributed by atoms with Crippen LogP contribution >= 0.6 is 0 Å². The molecule has 4 rings (SSSR count). The molecule has 1 atom stereocenters. The van der Waals surface area contributed by atoms with E-state index in [1.807, 2.05) is 18.7 Å². The van der Waals surface area contributed by atoms with Gasteiger partial charge in [0.15, 0.2) is 0 Å². The van der Waals surface area contributed by atoms with Crippen molar-refractivity contribution >= 4 is 10.9 Å². The van der Waals surface area contributed by atoms with Crippen LogP contribution in [-0.2, 0) is 0 Å². The number of hydrogen-bond donors (Lipinski definition) is 1. The van der Waals surface area contributed by atoms with E-state index >= 15 is 0 Å². The van der Waals surface area contributed by atoms with Crippen molar-refractivity contribution in [3.63, 3.8) is 0 Å². The lowest BCUT2D eigenvalue weighted by molar-refractivity contribution is 0.412. The molecule has 1 fully saturated rings. The summed E-state index contributed by atoms with van der Waals surface area (Å²) < 4.78 is 2.05. The summed E-state index contributed by atoms with van der Waals surface area (Å²) >= 11 is 0. The van der Waals surface area contributed by atoms with Gasteiger partial charge >= 0.3 is 0 Å². The molecule has 4 nitrogen and oxygen atoms in total. The number of fused-ring (bicyclic) bond motifs is 1. The molecule has 3 heterocycles. The van der Waals surface area contributed by atoms with Crippen LogP contribution in [0.4, 0.5) is 0 Å². The fourth-order valence-corrected chi connectivity index (χ4v) is 3.23. The molecule has 0 saturated carbocycles. The summed E-state index contributed by atoms with van der Waals surface area (Å²) in [6, 6.07) is 6.55. The Morgan fingerprint density at radius 3 is 3.05 bits per heavy atom. The highest BCUT2D eigenvalue weighted by Gasteiger charge is 2.23. The van der Waals surface area contributed by atoms with Crippen molar-refractivity contribution in [3.8, 4) is 5.69 Å². The number of H-pyrrole nitrogens is 1. The van der Waals surface area contributed by atoms with Crippen molar-refractivity contribution in [3.05, 3.63) is 48.7 Å². The summed E-state index contributed by atoms with van der Waals surface area (Å²) in [5, 5.41) is 1.34. The number of imidazole rings is 1. The van der Waals surface area contributed by atoms with Gasteiger partial charge in [0.05, 0.1) is 6.33 Å². The number of nitrogens with one attached hydrogen (secondary N) is 1. The molecule has 1 N–H and O–H groups in total. The van der Waals surface area contributed by atoms with Gasteiger partial charge in [-0.2, -0.15) is 0 Å². The molecule has 0 spiro atoms. The summed E-state index contributed by atoms with van der Waals surface area (Å²) in [6.07, 6.45) is 9.08. The monoisotopic (exact) mass is 266 g/mol. The molecule has 0 radical (unpaired) electrons. The number of nitrogens with zero attached hydrogens (tertiary/aromatic N) is 3. The Kier molecular flexibility index (Phi) is 2.63. The van der Waals surface area contributed by atoms with E-state index in [9.17, 15) is 0 Å². The molecule has 1 saturated heterocycles. The molecule has 1 aliphatic rings. The third-order valence-corrected chi connectivity index (χ3v) is 4.33. The molecule has 3 aromatic rings. The van der Waals surface area contributed by atoms with E-state index in [0.717, 1.165) is 6.54 Å². The Bertz CT molecular complexity index is 726. The molecular weight excluding hydrogens is 248 g/mol. The van der Waals surface area contributed by atoms with Crippen LogP contribution in [0.25, 0.3) is 16.6 Å². The molecule has 4 heteroatoms. The predicted molar refractivity (Wildman–Crippen MR) is 80.3 cm³/mol. The van der Waals surface area contributed by atoms with Crippen LogP contribution in [0.5, 0.6) is 0 Å². The first-order valence-electron chi connectivity index (χ1n) is 7.09. The smallest absolute Gasteiger partial charge is 0.0991 e. The highest BCUT2D eigenvalue weighted by atomic mass is 15.1. The number of rotatable bonds is 2. The van der Waals surface area contributed by atoms with Crippen LogP contribution in [0.2, 0.25) is 0 Å². The van der Waals surface area contributed by atoms with Crippen LogP contribution in [0.1, 0.15) is 17.9 Å². The molecule has 1 unspecified atom stereocenters. The van der Waals surface area contributed by atoms with Crippen molar-refractivity contribution in [2.45, 2.75) is 12.3 Å². The van der Waals surface area contributed by atoms with Crippen molar-refractivity contribution < 1.29 is 0 Å². The normalized spacial score (nSPS) is 19.9. The molecule has 0 amide bonds. The van der Waals surface area contributed by atoms with Gasteiger partial charge in [0, 0.05) is 41.7 Å². The second kappa shape index (κ2) is 4.49. The van der Waals surface area contributed by atoms with Gasteiger partial charge in [-0.3, -0.25) is 0 Å². The largest absolute Gasteiger partial charge is 0.361 e. The SMILES string of the molecule is CN1CCC(c2c[nH]c3ccc(-n4ccnc4)cc23)C1. The number of benzene rings is 1. The van der Waals surface area contributed by atoms with Crippen molar-refractivity contribution in [2.24, 2.45) is 0 Å². The fourth-order valence-electron chi connectivity index (χ4n) is 3.23. The number of aromatic amines is 1. The Morgan fingerprint density at radius 2 is 2.30 bits per heavy atom. The lowest BCUT2D eigenvalue weighted by Crippen LogP contribution is -2.13. The minimum absolute atomic E-state index is 0.645. The molecule has 0 bridgehead atoms. The van der Waals surface area contributed by atoms with E-state index in [0.29, 0.717) is 5.92 Å². The van der Waals surface area contributed by atoms with E-state index in [1.54, 1.807) is 0 Å². The zero-order valence-corrected chi connectivity index (χ0v) is 11.6. The van der Waals surface area contributed by atoms with Crippen molar-refractivity contribution in [2.75, 3.05) is 20.1 Å². The van der Waals surface area contributed by atoms with Gasteiger partial charge in [-0.15, -0.1) is 0 Å². The van der Waals surface area contributed by atoms with Crippen LogP contribution in [-0.4, -0.2) is 39.6 Å². The van der Waals surface area contributed by atoms with Gasteiger partial charge in [-0.1, -0.05) is 0 Å². The topological polar surface area (TPSA) is 36.9 Å². The van der Waals surface area contributed by atoms with Gasteiger partial charge in [-0.05, 0) is 49.7 Å². The van der Waals surface area contributed by atoms with Crippen LogP contribution in [0.3, 0.4) is 0 Å². The summed E-state index contributed by atoms with van der Waals surface area (Å²) in [5.41, 5.74) is 3.84. The average molecular weight is 266 g/mol. The van der Waals surface area contributed by atoms with Crippen molar-refractivity contribution in [1.82, 2.24) is 19.4 Å². The van der Waals surface area contributed by atoms with Crippen LogP contribution < -0.4 is 0 Å². The van der Waals surface area contributed by atoms with Crippen LogP contribution in [0.15, 0.2) is 43.1 Å². The van der Waals surface area contributed by atoms with Gasteiger partial charge in [-0.25, -0.2) is 4.98 Å². The number of aromatic nitrogens is 3. The standard InChI is InChI=1S/C16H18N4/c1-19-6-4-12(10-19)15-9-18-16-3-2-13(8-14(15)16)20-7-5-17-11-20/h2-3,5,7-9,11-12,18H,4,6,10H2,1H3. The third-order valence-electron chi connectivity index (χ3n) is 4.33. The zero-order valence-electron chi connectivity index (χ0n) is 11.6. The maximum Gasteiger partial charge on any atom is 0.0991 e. The van der Waals surface area contributed by atoms with Crippen molar-refractivity contribution in [1.29, 1.82) is 0 Å². The number of likely N-dealkylation sites (tertiary alicyclic amines) is 1. The van der Waals surface area contributed by atoms with Gasteiger partial charge in [0.1, 0.15) is 0 Å². The summed E-state index contributed by atoms with van der Waals surface area (Å²) in [5.74, 6) is 0.645. The Balaban J connectivity index is 1.80. The van der Waals surface area contributed by atoms with E-state index in [-0.39, 0.29) is 0 Å². The molecular formula is C16H18N4. The molecule has 1 aromatic carbocycles. The second-order valence-corrected chi connectivity index (χ2v) is 5.69. The summed E-state index contributed by atoms with van der Waals surface area (Å²) in [7, 11) is 2.20. The quantitative estimate of drug-likeness (QED) is 0.774. The van der Waals surface area contributed by atoms with Gasteiger partial charge < -0.3 is 14.5 Å². The average Bonchev–Trinajstić information content (AvgIpc) is 3.17. The van der Waals surface area contributed by atoms with Gasteiger partial charge in [0.25, 0.3) is 0 Å². The van der Waals surface area contributed by atoms with Gasteiger partial charge in [0.2, 0.25) is 0 Å². The molecule has 2 aromatic heterocycles. The first-order chi connectivity index (χ1) is 9.81. The fraction of sp³-hybridized carbons (Fsp3) is 0.312.